The lowest BCUT2D eigenvalue weighted by Crippen LogP contribution is -2.07. The standard InChI is InChI=1S/C36H31P/c1-22-16-23(2)19-27(18-22)33-31-13-7-8-14-32(31)35(30-15-9-11-26-10-5-6-12-29(26)30)36(37)34(33)28-20-24(3)17-25(4)21-28/h5-21H,37H2,1-4H3. The molecule has 0 bridgehead atoms. The minimum absolute atomic E-state index is 1.24. The smallest absolute Gasteiger partial charge is 0.00199 e. The Morgan fingerprint density at radius 3 is 1.49 bits per heavy atom. The van der Waals surface area contributed by atoms with Gasteiger partial charge in [-0.25, -0.2) is 0 Å². The molecule has 0 aliphatic carbocycles. The van der Waals surface area contributed by atoms with Crippen LogP contribution >= 0.6 is 9.24 Å². The van der Waals surface area contributed by atoms with Gasteiger partial charge in [0.2, 0.25) is 0 Å². The van der Waals surface area contributed by atoms with Gasteiger partial charge in [0.1, 0.15) is 0 Å². The second kappa shape index (κ2) is 9.29. The summed E-state index contributed by atoms with van der Waals surface area (Å²) in [6.07, 6.45) is 0. The third-order valence-electron chi connectivity index (χ3n) is 7.33. The van der Waals surface area contributed by atoms with Crippen LogP contribution in [0.2, 0.25) is 0 Å². The van der Waals surface area contributed by atoms with E-state index in [0.29, 0.717) is 0 Å². The normalized spacial score (nSPS) is 11.4. The lowest BCUT2D eigenvalue weighted by Gasteiger charge is -2.23. The van der Waals surface area contributed by atoms with E-state index >= 15 is 0 Å². The maximum atomic E-state index is 3.15. The Morgan fingerprint density at radius 1 is 0.432 bits per heavy atom. The fourth-order valence-electron chi connectivity index (χ4n) is 6.03. The second-order valence-corrected chi connectivity index (χ2v) is 10.9. The van der Waals surface area contributed by atoms with E-state index in [0.717, 1.165) is 0 Å². The monoisotopic (exact) mass is 494 g/mol. The minimum Gasteiger partial charge on any atom is -0.104 e. The molecule has 0 radical (unpaired) electrons. The lowest BCUT2D eigenvalue weighted by atomic mass is 9.83. The molecule has 0 saturated carbocycles. The minimum atomic E-state index is 1.24. The molecule has 0 aromatic heterocycles. The first-order chi connectivity index (χ1) is 17.9. The molecule has 0 N–H and O–H groups in total. The van der Waals surface area contributed by atoms with Crippen molar-refractivity contribution < 1.29 is 0 Å². The molecule has 1 atom stereocenters. The van der Waals surface area contributed by atoms with Gasteiger partial charge in [0.15, 0.2) is 0 Å². The molecule has 0 amide bonds. The van der Waals surface area contributed by atoms with Crippen LogP contribution in [0.1, 0.15) is 22.3 Å². The molecule has 0 aliphatic rings. The quantitative estimate of drug-likeness (QED) is 0.215. The summed E-state index contributed by atoms with van der Waals surface area (Å²) in [7, 11) is 3.15. The summed E-state index contributed by atoms with van der Waals surface area (Å²) in [6, 6.07) is 38.2. The first kappa shape index (κ1) is 23.7. The molecule has 0 saturated heterocycles. The molecular weight excluding hydrogens is 463 g/mol. The van der Waals surface area contributed by atoms with E-state index in [1.54, 1.807) is 0 Å². The average Bonchev–Trinajstić information content (AvgIpc) is 2.86. The number of rotatable bonds is 3. The first-order valence-electron chi connectivity index (χ1n) is 12.9. The lowest BCUT2D eigenvalue weighted by molar-refractivity contribution is 1.38. The molecule has 1 unspecified atom stereocenters. The molecule has 6 aromatic rings. The fourth-order valence-corrected chi connectivity index (χ4v) is 6.65. The zero-order valence-corrected chi connectivity index (χ0v) is 23.0. The van der Waals surface area contributed by atoms with Crippen molar-refractivity contribution in [1.82, 2.24) is 0 Å². The molecule has 0 spiro atoms. The number of benzene rings is 6. The van der Waals surface area contributed by atoms with Crippen LogP contribution in [0.4, 0.5) is 0 Å². The Bertz CT molecular complexity index is 1780. The zero-order valence-electron chi connectivity index (χ0n) is 21.9. The molecule has 0 nitrogen and oxygen atoms in total. The van der Waals surface area contributed by atoms with Gasteiger partial charge in [-0.05, 0) is 87.9 Å². The van der Waals surface area contributed by atoms with Crippen molar-refractivity contribution in [1.29, 1.82) is 0 Å². The van der Waals surface area contributed by atoms with Crippen LogP contribution in [0.5, 0.6) is 0 Å². The summed E-state index contributed by atoms with van der Waals surface area (Å²) < 4.78 is 0. The largest absolute Gasteiger partial charge is 0.104 e. The molecule has 0 aliphatic heterocycles. The first-order valence-corrected chi connectivity index (χ1v) is 13.5. The van der Waals surface area contributed by atoms with E-state index in [4.69, 9.17) is 0 Å². The number of hydrogen-bond acceptors (Lipinski definition) is 0. The molecule has 180 valence electrons. The highest BCUT2D eigenvalue weighted by atomic mass is 31.0. The zero-order chi connectivity index (χ0) is 25.7. The summed E-state index contributed by atoms with van der Waals surface area (Å²) in [6.45, 7) is 8.78. The Hall–Kier alpha value is -3.73. The molecule has 1 heteroatoms. The summed E-state index contributed by atoms with van der Waals surface area (Å²) in [4.78, 5) is 0. The van der Waals surface area contributed by atoms with Crippen molar-refractivity contribution in [3.8, 4) is 33.4 Å². The third kappa shape index (κ3) is 4.16. The van der Waals surface area contributed by atoms with Gasteiger partial charge in [-0.1, -0.05) is 125 Å². The Morgan fingerprint density at radius 2 is 0.892 bits per heavy atom. The van der Waals surface area contributed by atoms with Crippen molar-refractivity contribution in [3.05, 3.63) is 125 Å². The van der Waals surface area contributed by atoms with Crippen molar-refractivity contribution in [2.75, 3.05) is 0 Å². The maximum Gasteiger partial charge on any atom is -0.00199 e. The second-order valence-electron chi connectivity index (χ2n) is 10.4. The van der Waals surface area contributed by atoms with E-state index in [2.05, 4.69) is 140 Å². The van der Waals surface area contributed by atoms with Crippen LogP contribution in [-0.2, 0) is 0 Å². The van der Waals surface area contributed by atoms with Crippen LogP contribution in [0.3, 0.4) is 0 Å². The van der Waals surface area contributed by atoms with Gasteiger partial charge >= 0.3 is 0 Å². The van der Waals surface area contributed by atoms with E-state index in [1.807, 2.05) is 0 Å². The van der Waals surface area contributed by atoms with Crippen molar-refractivity contribution in [3.63, 3.8) is 0 Å². The highest BCUT2D eigenvalue weighted by Crippen LogP contribution is 2.44. The predicted molar refractivity (Wildman–Crippen MR) is 166 cm³/mol. The van der Waals surface area contributed by atoms with Crippen LogP contribution in [-0.4, -0.2) is 0 Å². The molecule has 0 heterocycles. The van der Waals surface area contributed by atoms with Gasteiger partial charge in [0.05, 0.1) is 0 Å². The number of hydrogen-bond donors (Lipinski definition) is 0. The Labute approximate surface area is 222 Å². The van der Waals surface area contributed by atoms with Crippen molar-refractivity contribution in [2.45, 2.75) is 27.7 Å². The van der Waals surface area contributed by atoms with Gasteiger partial charge in [-0.3, -0.25) is 0 Å². The van der Waals surface area contributed by atoms with Gasteiger partial charge in [-0.2, -0.15) is 0 Å². The maximum absolute atomic E-state index is 3.15. The Kier molecular flexibility index (Phi) is 5.94. The Balaban J connectivity index is 1.84. The number of aryl methyl sites for hydroxylation is 4. The van der Waals surface area contributed by atoms with Crippen LogP contribution in [0.25, 0.3) is 54.9 Å². The summed E-state index contributed by atoms with van der Waals surface area (Å²) in [5.74, 6) is 0. The van der Waals surface area contributed by atoms with Gasteiger partial charge < -0.3 is 0 Å². The van der Waals surface area contributed by atoms with Crippen LogP contribution in [0.15, 0.2) is 103 Å². The van der Waals surface area contributed by atoms with Crippen molar-refractivity contribution >= 4 is 36.1 Å². The predicted octanol–water partition coefficient (Wildman–Crippen LogP) is 9.73. The molecule has 0 fully saturated rings. The summed E-state index contributed by atoms with van der Waals surface area (Å²) in [5, 5.41) is 6.36. The van der Waals surface area contributed by atoms with Gasteiger partial charge in [0.25, 0.3) is 0 Å². The number of fused-ring (bicyclic) bond motifs is 2. The summed E-state index contributed by atoms with van der Waals surface area (Å²) in [5.41, 5.74) is 12.8. The van der Waals surface area contributed by atoms with E-state index in [9.17, 15) is 0 Å². The van der Waals surface area contributed by atoms with Crippen molar-refractivity contribution in [2.24, 2.45) is 0 Å². The molecule has 6 aromatic carbocycles. The van der Waals surface area contributed by atoms with Gasteiger partial charge in [-0.15, -0.1) is 9.24 Å². The third-order valence-corrected chi connectivity index (χ3v) is 7.91. The molecule has 6 rings (SSSR count). The molecular formula is C36H31P. The van der Waals surface area contributed by atoms with E-state index in [-0.39, 0.29) is 0 Å². The average molecular weight is 495 g/mol. The highest BCUT2D eigenvalue weighted by molar-refractivity contribution is 7.28. The topological polar surface area (TPSA) is 0 Å². The highest BCUT2D eigenvalue weighted by Gasteiger charge is 2.22. The summed E-state index contributed by atoms with van der Waals surface area (Å²) >= 11 is 0. The van der Waals surface area contributed by atoms with Crippen LogP contribution in [0, 0.1) is 27.7 Å². The fraction of sp³-hybridized carbons (Fsp3) is 0.111. The SMILES string of the molecule is Cc1cc(C)cc(-c2c(P)c(-c3cccc4ccccc34)c3ccccc3c2-c2cc(C)cc(C)c2)c1. The molecule has 37 heavy (non-hydrogen) atoms. The van der Waals surface area contributed by atoms with E-state index < -0.39 is 0 Å². The van der Waals surface area contributed by atoms with E-state index in [1.165, 1.54) is 82.5 Å². The van der Waals surface area contributed by atoms with Gasteiger partial charge in [0, 0.05) is 0 Å². The van der Waals surface area contributed by atoms with Crippen LogP contribution < -0.4 is 5.30 Å².